The molecular formula is C13H23NO2S. The SMILES string of the molecule is O=C(CSCCO)N1CCCC2CCCCC21. The van der Waals surface area contributed by atoms with E-state index in [9.17, 15) is 4.79 Å². The molecule has 2 aliphatic rings. The first kappa shape index (κ1) is 13.2. The molecule has 1 heterocycles. The number of aliphatic hydroxyl groups is 1. The predicted molar refractivity (Wildman–Crippen MR) is 71.1 cm³/mol. The van der Waals surface area contributed by atoms with E-state index in [0.29, 0.717) is 23.5 Å². The topological polar surface area (TPSA) is 40.5 Å². The van der Waals surface area contributed by atoms with Crippen molar-refractivity contribution in [1.82, 2.24) is 4.90 Å². The van der Waals surface area contributed by atoms with E-state index in [1.807, 2.05) is 0 Å². The maximum Gasteiger partial charge on any atom is 0.232 e. The van der Waals surface area contributed by atoms with Gasteiger partial charge in [-0.1, -0.05) is 12.8 Å². The molecule has 2 rings (SSSR count). The summed E-state index contributed by atoms with van der Waals surface area (Å²) in [7, 11) is 0. The van der Waals surface area contributed by atoms with E-state index in [0.717, 1.165) is 12.5 Å². The first-order valence-corrected chi connectivity index (χ1v) is 7.96. The molecule has 0 aromatic carbocycles. The molecule has 0 aromatic rings. The molecule has 1 amide bonds. The van der Waals surface area contributed by atoms with Gasteiger partial charge in [0.05, 0.1) is 12.4 Å². The van der Waals surface area contributed by atoms with Crippen molar-refractivity contribution in [1.29, 1.82) is 0 Å². The van der Waals surface area contributed by atoms with Gasteiger partial charge in [0.15, 0.2) is 0 Å². The van der Waals surface area contributed by atoms with Gasteiger partial charge in [-0.05, 0) is 31.6 Å². The number of carbonyl (C=O) groups excluding carboxylic acids is 1. The van der Waals surface area contributed by atoms with Gasteiger partial charge in [-0.15, -0.1) is 11.8 Å². The van der Waals surface area contributed by atoms with Gasteiger partial charge in [0.1, 0.15) is 0 Å². The van der Waals surface area contributed by atoms with Crippen LogP contribution in [0.25, 0.3) is 0 Å². The summed E-state index contributed by atoms with van der Waals surface area (Å²) in [5.41, 5.74) is 0. The Hall–Kier alpha value is -0.220. The zero-order chi connectivity index (χ0) is 12.1. The van der Waals surface area contributed by atoms with Crippen LogP contribution in [-0.4, -0.2) is 46.6 Å². The lowest BCUT2D eigenvalue weighted by molar-refractivity contribution is -0.134. The number of likely N-dealkylation sites (tertiary alicyclic amines) is 1. The summed E-state index contributed by atoms with van der Waals surface area (Å²) in [5, 5.41) is 8.73. The first-order valence-electron chi connectivity index (χ1n) is 6.81. The summed E-state index contributed by atoms with van der Waals surface area (Å²) in [6, 6.07) is 0.528. The second-order valence-electron chi connectivity index (χ2n) is 5.12. The van der Waals surface area contributed by atoms with Crippen LogP contribution in [0.4, 0.5) is 0 Å². The van der Waals surface area contributed by atoms with Crippen molar-refractivity contribution in [2.45, 2.75) is 44.6 Å². The van der Waals surface area contributed by atoms with Crippen molar-refractivity contribution in [3.8, 4) is 0 Å². The van der Waals surface area contributed by atoms with Crippen molar-refractivity contribution in [3.05, 3.63) is 0 Å². The molecule has 1 saturated heterocycles. The van der Waals surface area contributed by atoms with Crippen LogP contribution in [-0.2, 0) is 4.79 Å². The lowest BCUT2D eigenvalue weighted by Gasteiger charge is -2.44. The van der Waals surface area contributed by atoms with Crippen molar-refractivity contribution >= 4 is 17.7 Å². The number of thioether (sulfide) groups is 1. The highest BCUT2D eigenvalue weighted by Crippen LogP contribution is 2.35. The molecule has 1 saturated carbocycles. The number of hydrogen-bond acceptors (Lipinski definition) is 3. The van der Waals surface area contributed by atoms with Crippen LogP contribution in [0.1, 0.15) is 38.5 Å². The molecule has 0 bridgehead atoms. The quantitative estimate of drug-likeness (QED) is 0.782. The predicted octanol–water partition coefficient (Wildman–Crippen LogP) is 1.89. The number of aliphatic hydroxyl groups excluding tert-OH is 1. The zero-order valence-corrected chi connectivity index (χ0v) is 11.3. The smallest absolute Gasteiger partial charge is 0.232 e. The average molecular weight is 257 g/mol. The van der Waals surface area contributed by atoms with Gasteiger partial charge < -0.3 is 10.0 Å². The summed E-state index contributed by atoms with van der Waals surface area (Å²) >= 11 is 1.55. The summed E-state index contributed by atoms with van der Waals surface area (Å²) in [6.45, 7) is 1.13. The van der Waals surface area contributed by atoms with Crippen LogP contribution in [0, 0.1) is 5.92 Å². The Morgan fingerprint density at radius 2 is 2.00 bits per heavy atom. The zero-order valence-electron chi connectivity index (χ0n) is 10.4. The Kier molecular flexibility index (Phi) is 5.16. The molecule has 0 radical (unpaired) electrons. The van der Waals surface area contributed by atoms with E-state index in [1.165, 1.54) is 38.5 Å². The van der Waals surface area contributed by atoms with Gasteiger partial charge in [0.2, 0.25) is 5.91 Å². The summed E-state index contributed by atoms with van der Waals surface area (Å²) in [6.07, 6.45) is 7.66. The van der Waals surface area contributed by atoms with Crippen molar-refractivity contribution in [3.63, 3.8) is 0 Å². The van der Waals surface area contributed by atoms with E-state index < -0.39 is 0 Å². The van der Waals surface area contributed by atoms with Crippen LogP contribution in [0.15, 0.2) is 0 Å². The minimum absolute atomic E-state index is 0.171. The molecule has 98 valence electrons. The van der Waals surface area contributed by atoms with E-state index in [-0.39, 0.29) is 6.61 Å². The highest BCUT2D eigenvalue weighted by Gasteiger charge is 2.35. The van der Waals surface area contributed by atoms with Gasteiger partial charge in [-0.3, -0.25) is 4.79 Å². The van der Waals surface area contributed by atoms with Gasteiger partial charge in [0, 0.05) is 18.3 Å². The molecule has 0 spiro atoms. The Morgan fingerprint density at radius 1 is 1.24 bits per heavy atom. The van der Waals surface area contributed by atoms with Gasteiger partial charge in [0.25, 0.3) is 0 Å². The number of carbonyl (C=O) groups is 1. The third kappa shape index (κ3) is 3.38. The third-order valence-electron chi connectivity index (χ3n) is 4.02. The van der Waals surface area contributed by atoms with Gasteiger partial charge >= 0.3 is 0 Å². The van der Waals surface area contributed by atoms with Gasteiger partial charge in [-0.25, -0.2) is 0 Å². The minimum atomic E-state index is 0.171. The molecule has 2 fully saturated rings. The van der Waals surface area contributed by atoms with E-state index in [4.69, 9.17) is 5.11 Å². The number of amides is 1. The second kappa shape index (κ2) is 6.64. The Balaban J connectivity index is 1.87. The van der Waals surface area contributed by atoms with Crippen molar-refractivity contribution in [2.24, 2.45) is 5.92 Å². The Bertz CT molecular complexity index is 258. The summed E-state index contributed by atoms with van der Waals surface area (Å²) in [5.74, 6) is 2.28. The number of fused-ring (bicyclic) bond motifs is 1. The van der Waals surface area contributed by atoms with Crippen molar-refractivity contribution in [2.75, 3.05) is 24.7 Å². The second-order valence-corrected chi connectivity index (χ2v) is 6.22. The summed E-state index contributed by atoms with van der Waals surface area (Å²) in [4.78, 5) is 14.3. The maximum absolute atomic E-state index is 12.2. The minimum Gasteiger partial charge on any atom is -0.396 e. The molecule has 1 aliphatic heterocycles. The fourth-order valence-corrected chi connectivity index (χ4v) is 3.86. The van der Waals surface area contributed by atoms with Crippen LogP contribution in [0.5, 0.6) is 0 Å². The number of nitrogens with zero attached hydrogens (tertiary/aromatic N) is 1. The maximum atomic E-state index is 12.2. The number of piperidine rings is 1. The van der Waals surface area contributed by atoms with Crippen LogP contribution < -0.4 is 0 Å². The molecule has 0 aromatic heterocycles. The highest BCUT2D eigenvalue weighted by molar-refractivity contribution is 7.99. The number of hydrogen-bond donors (Lipinski definition) is 1. The molecule has 1 N–H and O–H groups in total. The molecule has 1 aliphatic carbocycles. The summed E-state index contributed by atoms with van der Waals surface area (Å²) < 4.78 is 0. The molecule has 17 heavy (non-hydrogen) atoms. The molecular weight excluding hydrogens is 234 g/mol. The lowest BCUT2D eigenvalue weighted by Crippen LogP contribution is -2.50. The van der Waals surface area contributed by atoms with E-state index in [1.54, 1.807) is 11.8 Å². The van der Waals surface area contributed by atoms with E-state index in [2.05, 4.69) is 4.90 Å². The first-order chi connectivity index (χ1) is 8.33. The lowest BCUT2D eigenvalue weighted by atomic mass is 9.78. The normalized spacial score (nSPS) is 28.9. The Labute approximate surface area is 108 Å². The Morgan fingerprint density at radius 3 is 2.82 bits per heavy atom. The van der Waals surface area contributed by atoms with Gasteiger partial charge in [-0.2, -0.15) is 0 Å². The monoisotopic (exact) mass is 257 g/mol. The largest absolute Gasteiger partial charge is 0.396 e. The molecule has 2 unspecified atom stereocenters. The standard InChI is InChI=1S/C13H23NO2S/c15-8-9-17-10-13(16)14-7-3-5-11-4-1-2-6-12(11)14/h11-12,15H,1-10H2. The average Bonchev–Trinajstić information content (AvgIpc) is 2.38. The third-order valence-corrected chi connectivity index (χ3v) is 4.95. The molecule has 2 atom stereocenters. The molecule has 3 nitrogen and oxygen atoms in total. The van der Waals surface area contributed by atoms with E-state index >= 15 is 0 Å². The highest BCUT2D eigenvalue weighted by atomic mass is 32.2. The fraction of sp³-hybridized carbons (Fsp3) is 0.923. The van der Waals surface area contributed by atoms with Crippen molar-refractivity contribution < 1.29 is 9.90 Å². The van der Waals surface area contributed by atoms with Crippen LogP contribution in [0.3, 0.4) is 0 Å². The fourth-order valence-electron chi connectivity index (χ4n) is 3.24. The van der Waals surface area contributed by atoms with Crippen LogP contribution in [0.2, 0.25) is 0 Å². The van der Waals surface area contributed by atoms with Crippen LogP contribution >= 0.6 is 11.8 Å². The number of rotatable bonds is 4. The molecule has 4 heteroatoms.